The molecule has 20 heavy (non-hydrogen) atoms. The molecule has 0 fully saturated rings. The second-order valence-electron chi connectivity index (χ2n) is 3.35. The van der Waals surface area contributed by atoms with Gasteiger partial charge in [-0.1, -0.05) is 29.3 Å². The van der Waals surface area contributed by atoms with Crippen LogP contribution in [0.5, 0.6) is 0 Å². The Morgan fingerprint density at radius 2 is 2.15 bits per heavy atom. The van der Waals surface area contributed by atoms with Crippen molar-refractivity contribution in [2.24, 2.45) is 0 Å². The SMILES string of the molecule is Clc1ccc(/C(Br)=C/n2ccnc2)c(Cl)c1.O=[N+]([O-])O. The summed E-state index contributed by atoms with van der Waals surface area (Å²) < 4.78 is 2.70. The van der Waals surface area contributed by atoms with Gasteiger partial charge in [-0.15, -0.1) is 10.1 Å². The number of rotatable bonds is 2. The van der Waals surface area contributed by atoms with Gasteiger partial charge in [0.2, 0.25) is 0 Å². The molecule has 1 heterocycles. The van der Waals surface area contributed by atoms with Crippen LogP contribution in [0.1, 0.15) is 5.56 Å². The van der Waals surface area contributed by atoms with E-state index in [1.807, 2.05) is 23.0 Å². The molecule has 0 bridgehead atoms. The zero-order valence-electron chi connectivity index (χ0n) is 9.78. The molecule has 0 radical (unpaired) electrons. The van der Waals surface area contributed by atoms with Gasteiger partial charge < -0.3 is 9.77 Å². The van der Waals surface area contributed by atoms with Crippen molar-refractivity contribution in [1.82, 2.24) is 9.55 Å². The zero-order chi connectivity index (χ0) is 15.1. The highest BCUT2D eigenvalue weighted by atomic mass is 79.9. The van der Waals surface area contributed by atoms with Gasteiger partial charge in [0.1, 0.15) is 0 Å². The molecule has 1 aromatic carbocycles. The summed E-state index contributed by atoms with van der Waals surface area (Å²) in [6.45, 7) is 0. The minimum absolute atomic E-state index is 0.607. The predicted octanol–water partition coefficient (Wildman–Crippen LogP) is 4.19. The van der Waals surface area contributed by atoms with Crippen LogP contribution >= 0.6 is 39.1 Å². The summed E-state index contributed by atoms with van der Waals surface area (Å²) in [5.41, 5.74) is 0.889. The normalized spacial score (nSPS) is 10.7. The maximum atomic E-state index is 8.36. The minimum atomic E-state index is -1.50. The molecule has 0 unspecified atom stereocenters. The van der Waals surface area contributed by atoms with Crippen LogP contribution in [-0.2, 0) is 0 Å². The van der Waals surface area contributed by atoms with Gasteiger partial charge >= 0.3 is 0 Å². The number of hydrogen-bond acceptors (Lipinski definition) is 3. The van der Waals surface area contributed by atoms with Gasteiger partial charge in [0.15, 0.2) is 0 Å². The average molecular weight is 381 g/mol. The molecular formula is C11H8BrCl2N3O3. The van der Waals surface area contributed by atoms with Crippen molar-refractivity contribution in [3.8, 4) is 0 Å². The molecule has 2 rings (SSSR count). The zero-order valence-corrected chi connectivity index (χ0v) is 12.9. The highest BCUT2D eigenvalue weighted by Gasteiger charge is 2.04. The molecule has 0 atom stereocenters. The van der Waals surface area contributed by atoms with E-state index in [0.29, 0.717) is 10.0 Å². The molecule has 0 spiro atoms. The maximum Gasteiger partial charge on any atom is 0.291 e. The van der Waals surface area contributed by atoms with Gasteiger partial charge in [-0.2, -0.15) is 0 Å². The third-order valence-electron chi connectivity index (χ3n) is 1.98. The summed E-state index contributed by atoms with van der Waals surface area (Å²) in [5.74, 6) is 0. The van der Waals surface area contributed by atoms with Gasteiger partial charge in [0, 0.05) is 33.7 Å². The molecular weight excluding hydrogens is 373 g/mol. The fourth-order valence-corrected chi connectivity index (χ4v) is 2.44. The lowest BCUT2D eigenvalue weighted by Gasteiger charge is -2.03. The Bertz CT molecular complexity index is 613. The molecule has 0 amide bonds. The largest absolute Gasteiger partial charge is 0.328 e. The Morgan fingerprint density at radius 3 is 2.65 bits per heavy atom. The van der Waals surface area contributed by atoms with Crippen LogP contribution in [-0.4, -0.2) is 19.8 Å². The molecule has 2 aromatic rings. The van der Waals surface area contributed by atoms with Crippen molar-refractivity contribution in [1.29, 1.82) is 0 Å². The molecule has 1 N–H and O–H groups in total. The van der Waals surface area contributed by atoms with E-state index in [2.05, 4.69) is 20.9 Å². The van der Waals surface area contributed by atoms with Crippen LogP contribution in [0.2, 0.25) is 10.0 Å². The fraction of sp³-hybridized carbons (Fsp3) is 0. The summed E-state index contributed by atoms with van der Waals surface area (Å²) in [4.78, 5) is 12.3. The number of benzene rings is 1. The molecule has 9 heteroatoms. The van der Waals surface area contributed by atoms with Crippen molar-refractivity contribution in [2.75, 3.05) is 0 Å². The van der Waals surface area contributed by atoms with E-state index in [9.17, 15) is 0 Å². The van der Waals surface area contributed by atoms with Gasteiger partial charge in [-0.25, -0.2) is 4.98 Å². The van der Waals surface area contributed by atoms with Crippen molar-refractivity contribution >= 4 is 49.8 Å². The van der Waals surface area contributed by atoms with Crippen LogP contribution in [0, 0.1) is 10.1 Å². The fourth-order valence-electron chi connectivity index (χ4n) is 1.23. The number of imidazole rings is 1. The first-order chi connectivity index (χ1) is 9.40. The molecule has 106 valence electrons. The maximum absolute atomic E-state index is 8.36. The number of hydrogen-bond donors (Lipinski definition) is 1. The molecule has 0 saturated carbocycles. The number of halogens is 3. The van der Waals surface area contributed by atoms with E-state index in [-0.39, 0.29) is 0 Å². The van der Waals surface area contributed by atoms with Gasteiger partial charge in [-0.3, -0.25) is 0 Å². The molecule has 1 aromatic heterocycles. The molecule has 0 aliphatic heterocycles. The van der Waals surface area contributed by atoms with Crippen molar-refractivity contribution < 1.29 is 10.3 Å². The van der Waals surface area contributed by atoms with Gasteiger partial charge in [-0.05, 0) is 28.1 Å². The molecule has 0 aliphatic rings. The Hall–Kier alpha value is -1.57. The van der Waals surface area contributed by atoms with E-state index >= 15 is 0 Å². The predicted molar refractivity (Wildman–Crippen MR) is 80.6 cm³/mol. The third kappa shape index (κ3) is 5.60. The Labute approximate surface area is 132 Å². The first-order valence-corrected chi connectivity index (χ1v) is 6.58. The number of nitrogens with zero attached hydrogens (tertiary/aromatic N) is 3. The summed E-state index contributed by atoms with van der Waals surface area (Å²) >= 11 is 15.4. The van der Waals surface area contributed by atoms with Crippen LogP contribution in [0.25, 0.3) is 10.7 Å². The summed E-state index contributed by atoms with van der Waals surface area (Å²) in [5, 5.41) is 14.9. The second kappa shape index (κ2) is 7.88. The van der Waals surface area contributed by atoms with Crippen molar-refractivity contribution in [3.05, 3.63) is 62.6 Å². The van der Waals surface area contributed by atoms with Crippen molar-refractivity contribution in [3.63, 3.8) is 0 Å². The smallest absolute Gasteiger partial charge is 0.291 e. The molecule has 0 aliphatic carbocycles. The average Bonchev–Trinajstić information content (AvgIpc) is 2.80. The standard InChI is InChI=1S/C11H7BrCl2N2.HNO3/c12-10(6-16-4-3-15-7-16)9-2-1-8(13)5-11(9)14;2-1(3)4/h1-7H;(H,2,3,4)/b10-6-;. The lowest BCUT2D eigenvalue weighted by molar-refractivity contribution is -0.742. The van der Waals surface area contributed by atoms with E-state index in [1.165, 1.54) is 0 Å². The van der Waals surface area contributed by atoms with Gasteiger partial charge in [0.25, 0.3) is 5.09 Å². The van der Waals surface area contributed by atoms with E-state index in [1.54, 1.807) is 24.7 Å². The second-order valence-corrected chi connectivity index (χ2v) is 5.05. The van der Waals surface area contributed by atoms with Gasteiger partial charge in [0.05, 0.1) is 11.3 Å². The monoisotopic (exact) mass is 379 g/mol. The Kier molecular flexibility index (Phi) is 6.50. The van der Waals surface area contributed by atoms with Crippen LogP contribution in [0.3, 0.4) is 0 Å². The summed E-state index contributed by atoms with van der Waals surface area (Å²) in [7, 11) is 0. The van der Waals surface area contributed by atoms with E-state index in [0.717, 1.165) is 10.0 Å². The highest BCUT2D eigenvalue weighted by Crippen LogP contribution is 2.30. The van der Waals surface area contributed by atoms with Crippen LogP contribution in [0.15, 0.2) is 36.9 Å². The first-order valence-electron chi connectivity index (χ1n) is 5.03. The minimum Gasteiger partial charge on any atom is -0.328 e. The first kappa shape index (κ1) is 16.5. The number of aromatic nitrogens is 2. The topological polar surface area (TPSA) is 81.2 Å². The van der Waals surface area contributed by atoms with Crippen LogP contribution in [0.4, 0.5) is 0 Å². The molecule has 6 nitrogen and oxygen atoms in total. The van der Waals surface area contributed by atoms with Crippen LogP contribution < -0.4 is 0 Å². The Balaban J connectivity index is 0.000000444. The summed E-state index contributed by atoms with van der Waals surface area (Å²) in [6, 6.07) is 5.37. The third-order valence-corrected chi connectivity index (χ3v) is 3.16. The van der Waals surface area contributed by atoms with E-state index in [4.69, 9.17) is 38.5 Å². The van der Waals surface area contributed by atoms with E-state index < -0.39 is 5.09 Å². The lowest BCUT2D eigenvalue weighted by atomic mass is 10.2. The molecule has 0 saturated heterocycles. The summed E-state index contributed by atoms with van der Waals surface area (Å²) in [6.07, 6.45) is 7.12. The highest BCUT2D eigenvalue weighted by molar-refractivity contribution is 9.15. The lowest BCUT2D eigenvalue weighted by Crippen LogP contribution is -1.84. The van der Waals surface area contributed by atoms with Crippen molar-refractivity contribution in [2.45, 2.75) is 0 Å². The Morgan fingerprint density at radius 1 is 1.50 bits per heavy atom. The quantitative estimate of drug-likeness (QED) is 0.625.